The van der Waals surface area contributed by atoms with Gasteiger partial charge in [-0.05, 0) is 12.3 Å². The molecule has 0 radical (unpaired) electrons. The Morgan fingerprint density at radius 3 is 2.86 bits per heavy atom. The Morgan fingerprint density at radius 1 is 1.57 bits per heavy atom. The first kappa shape index (κ1) is 11.6. The van der Waals surface area contributed by atoms with Gasteiger partial charge in [0.1, 0.15) is 0 Å². The van der Waals surface area contributed by atoms with Crippen LogP contribution in [-0.2, 0) is 7.05 Å². The molecule has 1 unspecified atom stereocenters. The molecule has 1 rings (SSSR count). The molecule has 0 aliphatic heterocycles. The van der Waals surface area contributed by atoms with Gasteiger partial charge >= 0.3 is 0 Å². The first-order chi connectivity index (χ1) is 6.77. The average molecular weight is 213 g/mol. The summed E-state index contributed by atoms with van der Waals surface area (Å²) in [6.45, 7) is 5.33. The van der Waals surface area contributed by atoms with E-state index in [1.165, 1.54) is 11.3 Å². The summed E-state index contributed by atoms with van der Waals surface area (Å²) in [6.07, 6.45) is 4.03. The predicted octanol–water partition coefficient (Wildman–Crippen LogP) is 1.82. The van der Waals surface area contributed by atoms with Crippen LogP contribution < -0.4 is 5.32 Å². The molecule has 1 aromatic heterocycles. The molecule has 14 heavy (non-hydrogen) atoms. The van der Waals surface area contributed by atoms with Gasteiger partial charge in [-0.1, -0.05) is 13.8 Å². The molecule has 0 aliphatic carbocycles. The van der Waals surface area contributed by atoms with Crippen LogP contribution in [0.2, 0.25) is 0 Å². The average Bonchev–Trinajstić information content (AvgIpc) is 2.59. The van der Waals surface area contributed by atoms with Gasteiger partial charge in [-0.25, -0.2) is 0 Å². The first-order valence-corrected chi connectivity index (χ1v) is 6.23. The van der Waals surface area contributed by atoms with E-state index in [-0.39, 0.29) is 0 Å². The van der Waals surface area contributed by atoms with Crippen LogP contribution in [0.1, 0.15) is 25.5 Å². The smallest absolute Gasteiger partial charge is 0.0537 e. The normalized spacial score (nSPS) is 13.1. The summed E-state index contributed by atoms with van der Waals surface area (Å²) in [7, 11) is 1.96. The third kappa shape index (κ3) is 3.35. The summed E-state index contributed by atoms with van der Waals surface area (Å²) in [5, 5.41) is 7.67. The molecule has 0 aliphatic rings. The minimum atomic E-state index is 0.443. The fourth-order valence-corrected chi connectivity index (χ4v) is 2.16. The number of hydrogen-bond donors (Lipinski definition) is 1. The third-order valence-corrected chi connectivity index (χ3v) is 3.04. The highest BCUT2D eigenvalue weighted by molar-refractivity contribution is 7.99. The molecular formula is C10H19N3S. The maximum atomic E-state index is 4.20. The second-order valence-corrected chi connectivity index (χ2v) is 4.54. The van der Waals surface area contributed by atoms with E-state index in [9.17, 15) is 0 Å². The lowest BCUT2D eigenvalue weighted by Gasteiger charge is -2.15. The van der Waals surface area contributed by atoms with Crippen molar-refractivity contribution in [1.82, 2.24) is 15.1 Å². The van der Waals surface area contributed by atoms with E-state index in [1.807, 2.05) is 29.7 Å². The van der Waals surface area contributed by atoms with Crippen LogP contribution in [0.3, 0.4) is 0 Å². The Kier molecular flexibility index (Phi) is 5.04. The highest BCUT2D eigenvalue weighted by atomic mass is 32.2. The zero-order valence-electron chi connectivity index (χ0n) is 9.16. The predicted molar refractivity (Wildman–Crippen MR) is 62.6 cm³/mol. The lowest BCUT2D eigenvalue weighted by Crippen LogP contribution is -2.22. The summed E-state index contributed by atoms with van der Waals surface area (Å²) < 4.78 is 1.86. The van der Waals surface area contributed by atoms with Crippen LogP contribution in [0, 0.1) is 0 Å². The standard InChI is InChI=1S/C10H19N3S/c1-4-11-10(8-14-5-2)9-6-12-13(3)7-9/h6-7,10-11H,4-5,8H2,1-3H3. The second kappa shape index (κ2) is 6.09. The highest BCUT2D eigenvalue weighted by Crippen LogP contribution is 2.17. The maximum Gasteiger partial charge on any atom is 0.0537 e. The number of hydrogen-bond acceptors (Lipinski definition) is 3. The summed E-state index contributed by atoms with van der Waals surface area (Å²) in [5.41, 5.74) is 1.29. The molecular weight excluding hydrogens is 194 g/mol. The number of thioether (sulfide) groups is 1. The van der Waals surface area contributed by atoms with E-state index in [0.29, 0.717) is 6.04 Å². The van der Waals surface area contributed by atoms with E-state index in [1.54, 1.807) is 0 Å². The lowest BCUT2D eigenvalue weighted by molar-refractivity contribution is 0.605. The van der Waals surface area contributed by atoms with Crippen molar-refractivity contribution < 1.29 is 0 Å². The Labute approximate surface area is 90.3 Å². The van der Waals surface area contributed by atoms with Gasteiger partial charge in [-0.15, -0.1) is 0 Å². The molecule has 3 nitrogen and oxygen atoms in total. The van der Waals surface area contributed by atoms with E-state index in [2.05, 4.69) is 30.5 Å². The molecule has 80 valence electrons. The van der Waals surface area contributed by atoms with E-state index < -0.39 is 0 Å². The summed E-state index contributed by atoms with van der Waals surface area (Å²) in [5.74, 6) is 2.29. The molecule has 1 aromatic rings. The van der Waals surface area contributed by atoms with E-state index in [4.69, 9.17) is 0 Å². The molecule has 0 saturated carbocycles. The zero-order valence-corrected chi connectivity index (χ0v) is 9.97. The molecule has 0 amide bonds. The highest BCUT2D eigenvalue weighted by Gasteiger charge is 2.11. The lowest BCUT2D eigenvalue weighted by atomic mass is 10.2. The minimum Gasteiger partial charge on any atom is -0.309 e. The Bertz CT molecular complexity index is 260. The van der Waals surface area contributed by atoms with Crippen molar-refractivity contribution in [3.05, 3.63) is 18.0 Å². The first-order valence-electron chi connectivity index (χ1n) is 5.07. The van der Waals surface area contributed by atoms with Gasteiger partial charge in [-0.3, -0.25) is 4.68 Å². The van der Waals surface area contributed by atoms with Gasteiger partial charge in [0.05, 0.1) is 6.20 Å². The van der Waals surface area contributed by atoms with Gasteiger partial charge in [-0.2, -0.15) is 16.9 Å². The van der Waals surface area contributed by atoms with Crippen molar-refractivity contribution in [2.75, 3.05) is 18.1 Å². The molecule has 0 saturated heterocycles. The van der Waals surface area contributed by atoms with Crippen LogP contribution in [0.15, 0.2) is 12.4 Å². The van der Waals surface area contributed by atoms with Gasteiger partial charge < -0.3 is 5.32 Å². The van der Waals surface area contributed by atoms with Crippen LogP contribution in [0.5, 0.6) is 0 Å². The molecule has 1 N–H and O–H groups in total. The fourth-order valence-electron chi connectivity index (χ4n) is 1.38. The number of aromatic nitrogens is 2. The van der Waals surface area contributed by atoms with Crippen LogP contribution in [0.4, 0.5) is 0 Å². The van der Waals surface area contributed by atoms with Crippen molar-refractivity contribution >= 4 is 11.8 Å². The van der Waals surface area contributed by atoms with E-state index >= 15 is 0 Å². The zero-order chi connectivity index (χ0) is 10.4. The molecule has 4 heteroatoms. The number of nitrogens with one attached hydrogen (secondary N) is 1. The van der Waals surface area contributed by atoms with Crippen molar-refractivity contribution in [2.24, 2.45) is 7.05 Å². The topological polar surface area (TPSA) is 29.9 Å². The number of nitrogens with zero attached hydrogens (tertiary/aromatic N) is 2. The van der Waals surface area contributed by atoms with Gasteiger partial charge in [0.15, 0.2) is 0 Å². The van der Waals surface area contributed by atoms with Gasteiger partial charge in [0, 0.05) is 30.6 Å². The van der Waals surface area contributed by atoms with E-state index in [0.717, 1.165) is 12.3 Å². The largest absolute Gasteiger partial charge is 0.309 e. The molecule has 0 aromatic carbocycles. The van der Waals surface area contributed by atoms with Crippen molar-refractivity contribution in [3.63, 3.8) is 0 Å². The number of rotatable bonds is 6. The van der Waals surface area contributed by atoms with Crippen LogP contribution in [-0.4, -0.2) is 27.8 Å². The Hall–Kier alpha value is -0.480. The van der Waals surface area contributed by atoms with Crippen molar-refractivity contribution in [3.8, 4) is 0 Å². The summed E-state index contributed by atoms with van der Waals surface area (Å²) >= 11 is 1.96. The molecule has 0 spiro atoms. The molecule has 0 fully saturated rings. The maximum absolute atomic E-state index is 4.20. The van der Waals surface area contributed by atoms with Gasteiger partial charge in [0.2, 0.25) is 0 Å². The summed E-state index contributed by atoms with van der Waals surface area (Å²) in [6, 6.07) is 0.443. The molecule has 0 bridgehead atoms. The van der Waals surface area contributed by atoms with Crippen LogP contribution >= 0.6 is 11.8 Å². The number of aryl methyl sites for hydroxylation is 1. The molecule has 1 heterocycles. The third-order valence-electron chi connectivity index (χ3n) is 2.07. The Morgan fingerprint density at radius 2 is 2.36 bits per heavy atom. The quantitative estimate of drug-likeness (QED) is 0.782. The Balaban J connectivity index is 2.57. The monoisotopic (exact) mass is 213 g/mol. The SMILES string of the molecule is CCNC(CSCC)c1cnn(C)c1. The minimum absolute atomic E-state index is 0.443. The van der Waals surface area contributed by atoms with Crippen molar-refractivity contribution in [1.29, 1.82) is 0 Å². The molecule has 1 atom stereocenters. The van der Waals surface area contributed by atoms with Gasteiger partial charge in [0.25, 0.3) is 0 Å². The second-order valence-electron chi connectivity index (χ2n) is 3.22. The van der Waals surface area contributed by atoms with Crippen LogP contribution in [0.25, 0.3) is 0 Å². The van der Waals surface area contributed by atoms with Crippen molar-refractivity contribution in [2.45, 2.75) is 19.9 Å². The summed E-state index contributed by atoms with van der Waals surface area (Å²) in [4.78, 5) is 0. The fraction of sp³-hybridized carbons (Fsp3) is 0.700.